The second kappa shape index (κ2) is 7.38. The molecule has 0 aliphatic carbocycles. The minimum absolute atomic E-state index is 0.536. The van der Waals surface area contributed by atoms with Gasteiger partial charge in [-0.15, -0.1) is 0 Å². The van der Waals surface area contributed by atoms with Gasteiger partial charge >= 0.3 is 7.52 Å². The minimum Gasteiger partial charge on any atom is -0.426 e. The highest BCUT2D eigenvalue weighted by atomic mass is 31.2. The van der Waals surface area contributed by atoms with Gasteiger partial charge in [-0.1, -0.05) is 48.5 Å². The molecule has 0 fully saturated rings. The fourth-order valence-electron chi connectivity index (χ4n) is 3.39. The van der Waals surface area contributed by atoms with Crippen LogP contribution in [0.5, 0.6) is 5.75 Å². The summed E-state index contributed by atoms with van der Waals surface area (Å²) in [4.78, 5) is 0. The van der Waals surface area contributed by atoms with E-state index in [2.05, 4.69) is 6.07 Å². The van der Waals surface area contributed by atoms with Crippen molar-refractivity contribution >= 4 is 24.6 Å². The Balaban J connectivity index is 1.91. The summed E-state index contributed by atoms with van der Waals surface area (Å²) in [5, 5.41) is 9.72. The van der Waals surface area contributed by atoms with Crippen LogP contribution in [0.3, 0.4) is 0 Å². The van der Waals surface area contributed by atoms with E-state index in [-0.39, 0.29) is 0 Å². The largest absolute Gasteiger partial charge is 0.426 e. The number of anilines is 1. The molecule has 1 unspecified atom stereocenters. The Labute approximate surface area is 164 Å². The van der Waals surface area contributed by atoms with Gasteiger partial charge in [-0.05, 0) is 54.5 Å². The number of nitriles is 1. The average molecular weight is 386 g/mol. The first-order valence-electron chi connectivity index (χ1n) is 9.10. The molecule has 1 aliphatic rings. The molecule has 0 aromatic heterocycles. The van der Waals surface area contributed by atoms with E-state index in [1.54, 1.807) is 12.1 Å². The fourth-order valence-corrected chi connectivity index (χ4v) is 5.87. The van der Waals surface area contributed by atoms with E-state index in [0.29, 0.717) is 23.2 Å². The molecule has 0 saturated carbocycles. The van der Waals surface area contributed by atoms with Crippen LogP contribution in [0.25, 0.3) is 11.4 Å². The molecule has 0 N–H and O–H groups in total. The van der Waals surface area contributed by atoms with Crippen LogP contribution in [0.1, 0.15) is 23.6 Å². The van der Waals surface area contributed by atoms with Crippen LogP contribution in [-0.4, -0.2) is 6.54 Å². The molecule has 1 heterocycles. The Morgan fingerprint density at radius 1 is 0.964 bits per heavy atom. The summed E-state index contributed by atoms with van der Waals surface area (Å²) in [7, 11) is -3.42. The maximum Gasteiger partial charge on any atom is 0.374 e. The Morgan fingerprint density at radius 3 is 2.32 bits per heavy atom. The van der Waals surface area contributed by atoms with Gasteiger partial charge in [-0.25, -0.2) is 4.57 Å². The van der Waals surface area contributed by atoms with Crippen LogP contribution in [-0.2, 0) is 4.57 Å². The van der Waals surface area contributed by atoms with E-state index < -0.39 is 7.52 Å². The van der Waals surface area contributed by atoms with E-state index in [1.807, 2.05) is 84.4 Å². The van der Waals surface area contributed by atoms with E-state index in [1.165, 1.54) is 0 Å². The lowest BCUT2D eigenvalue weighted by atomic mass is 10.1. The molecule has 0 radical (unpaired) electrons. The van der Waals surface area contributed by atoms with Gasteiger partial charge in [0, 0.05) is 6.54 Å². The summed E-state index contributed by atoms with van der Waals surface area (Å²) >= 11 is 0. The molecule has 0 saturated heterocycles. The zero-order chi connectivity index (χ0) is 19.6. The van der Waals surface area contributed by atoms with Gasteiger partial charge in [-0.3, -0.25) is 4.67 Å². The van der Waals surface area contributed by atoms with Crippen molar-refractivity contribution in [3.63, 3.8) is 0 Å². The van der Waals surface area contributed by atoms with Gasteiger partial charge in [0.2, 0.25) is 0 Å². The van der Waals surface area contributed by atoms with Crippen molar-refractivity contribution in [2.24, 2.45) is 0 Å². The van der Waals surface area contributed by atoms with E-state index in [4.69, 9.17) is 9.79 Å². The van der Waals surface area contributed by atoms with Crippen molar-refractivity contribution in [3.05, 3.63) is 95.6 Å². The zero-order valence-corrected chi connectivity index (χ0v) is 16.3. The lowest BCUT2D eigenvalue weighted by Crippen LogP contribution is -2.26. The fraction of sp³-hybridized carbons (Fsp3) is 0.0870. The second-order valence-corrected chi connectivity index (χ2v) is 8.61. The van der Waals surface area contributed by atoms with Gasteiger partial charge in [0.15, 0.2) is 0 Å². The molecular weight excluding hydrogens is 367 g/mol. The van der Waals surface area contributed by atoms with Crippen molar-refractivity contribution in [2.45, 2.75) is 6.92 Å². The normalized spacial score (nSPS) is 18.0. The number of para-hydroxylation sites is 2. The van der Waals surface area contributed by atoms with Gasteiger partial charge in [-0.2, -0.15) is 5.26 Å². The van der Waals surface area contributed by atoms with Crippen molar-refractivity contribution in [3.8, 4) is 11.8 Å². The molecule has 138 valence electrons. The van der Waals surface area contributed by atoms with Crippen molar-refractivity contribution in [2.75, 3.05) is 11.2 Å². The van der Waals surface area contributed by atoms with E-state index in [0.717, 1.165) is 16.8 Å². The molecule has 0 bridgehead atoms. The number of nitrogens with zero attached hydrogens (tertiary/aromatic N) is 2. The first kappa shape index (κ1) is 18.1. The lowest BCUT2D eigenvalue weighted by Gasteiger charge is -2.37. The van der Waals surface area contributed by atoms with Gasteiger partial charge < -0.3 is 4.52 Å². The molecular formula is C23H19N2O2P. The maximum absolute atomic E-state index is 14.4. The first-order valence-corrected chi connectivity index (χ1v) is 10.7. The molecule has 5 heteroatoms. The molecule has 1 aliphatic heterocycles. The third-order valence-corrected chi connectivity index (χ3v) is 7.30. The van der Waals surface area contributed by atoms with Crippen LogP contribution in [0.15, 0.2) is 78.9 Å². The average Bonchev–Trinajstić information content (AvgIpc) is 2.74. The molecule has 0 spiro atoms. The lowest BCUT2D eigenvalue weighted by molar-refractivity contribution is 0.489. The molecule has 4 rings (SSSR count). The van der Waals surface area contributed by atoms with Crippen LogP contribution in [0.4, 0.5) is 5.69 Å². The highest BCUT2D eigenvalue weighted by molar-refractivity contribution is 7.72. The standard InChI is InChI=1S/C23H19N2O2P/c1-2-25-22-11-7-6-8-20(22)16-23(19-14-12-18(17-24)13-15-19)28(25,26)27-21-9-4-3-5-10-21/h3-16H,2H2,1H3. The van der Waals surface area contributed by atoms with Gasteiger partial charge in [0.05, 0.1) is 22.6 Å². The summed E-state index contributed by atoms with van der Waals surface area (Å²) in [5.41, 5.74) is 3.23. The summed E-state index contributed by atoms with van der Waals surface area (Å²) < 4.78 is 22.4. The predicted octanol–water partition coefficient (Wildman–Crippen LogP) is 6.17. The molecule has 28 heavy (non-hydrogen) atoms. The third kappa shape index (κ3) is 3.11. The van der Waals surface area contributed by atoms with E-state index in [9.17, 15) is 4.57 Å². The summed E-state index contributed by atoms with van der Waals surface area (Å²) in [6.07, 6.45) is 1.94. The molecule has 4 nitrogen and oxygen atoms in total. The Hall–Kier alpha value is -3.28. The second-order valence-electron chi connectivity index (χ2n) is 6.42. The zero-order valence-electron chi connectivity index (χ0n) is 15.4. The first-order chi connectivity index (χ1) is 13.7. The SMILES string of the molecule is CCN1c2ccccc2C=C(c2ccc(C#N)cc2)P1(=O)Oc1ccccc1. The smallest absolute Gasteiger partial charge is 0.374 e. The highest BCUT2D eigenvalue weighted by Crippen LogP contribution is 2.66. The van der Waals surface area contributed by atoms with Crippen LogP contribution in [0.2, 0.25) is 0 Å². The third-order valence-electron chi connectivity index (χ3n) is 4.71. The van der Waals surface area contributed by atoms with Crippen molar-refractivity contribution in [1.82, 2.24) is 0 Å². The number of hydrogen-bond donors (Lipinski definition) is 0. The summed E-state index contributed by atoms with van der Waals surface area (Å²) in [6.45, 7) is 2.51. The summed E-state index contributed by atoms with van der Waals surface area (Å²) in [6, 6.07) is 26.4. The Morgan fingerprint density at radius 2 is 1.64 bits per heavy atom. The molecule has 0 amide bonds. The van der Waals surface area contributed by atoms with Crippen LogP contribution < -0.4 is 9.19 Å². The van der Waals surface area contributed by atoms with Crippen LogP contribution >= 0.6 is 7.52 Å². The number of benzene rings is 3. The predicted molar refractivity (Wildman–Crippen MR) is 113 cm³/mol. The van der Waals surface area contributed by atoms with Gasteiger partial charge in [0.1, 0.15) is 5.75 Å². The monoisotopic (exact) mass is 386 g/mol. The number of hydrogen-bond acceptors (Lipinski definition) is 3. The number of fused-ring (bicyclic) bond motifs is 1. The Bertz CT molecular complexity index is 1120. The molecule has 3 aromatic carbocycles. The minimum atomic E-state index is -3.42. The Kier molecular flexibility index (Phi) is 4.77. The van der Waals surface area contributed by atoms with Crippen molar-refractivity contribution in [1.29, 1.82) is 5.26 Å². The quantitative estimate of drug-likeness (QED) is 0.503. The van der Waals surface area contributed by atoms with E-state index >= 15 is 0 Å². The highest BCUT2D eigenvalue weighted by Gasteiger charge is 2.41. The van der Waals surface area contributed by atoms with Gasteiger partial charge in [0.25, 0.3) is 0 Å². The molecule has 3 aromatic rings. The summed E-state index contributed by atoms with van der Waals surface area (Å²) in [5.74, 6) is 0.559. The molecule has 1 atom stereocenters. The maximum atomic E-state index is 14.4. The van der Waals surface area contributed by atoms with Crippen molar-refractivity contribution < 1.29 is 9.09 Å². The topological polar surface area (TPSA) is 53.3 Å². The number of rotatable bonds is 4. The van der Waals surface area contributed by atoms with Crippen LogP contribution in [0, 0.1) is 11.3 Å².